The van der Waals surface area contributed by atoms with Crippen LogP contribution in [-0.2, 0) is 4.74 Å². The van der Waals surface area contributed by atoms with Gasteiger partial charge in [-0.1, -0.05) is 30.3 Å². The number of rotatable bonds is 5. The van der Waals surface area contributed by atoms with Crippen molar-refractivity contribution < 1.29 is 18.3 Å². The number of hydrogen-bond donors (Lipinski definition) is 0. The summed E-state index contributed by atoms with van der Waals surface area (Å²) in [5.74, 6) is -0.478. The summed E-state index contributed by atoms with van der Waals surface area (Å²) in [6, 6.07) is 13.2. The molecule has 1 aromatic heterocycles. The van der Waals surface area contributed by atoms with Crippen LogP contribution >= 0.6 is 11.3 Å². The van der Waals surface area contributed by atoms with Gasteiger partial charge in [0.15, 0.2) is 0 Å². The van der Waals surface area contributed by atoms with E-state index < -0.39 is 12.0 Å². The topological polar surface area (TPSA) is 26.3 Å². The summed E-state index contributed by atoms with van der Waals surface area (Å²) in [6.07, 6.45) is -1.67. The second-order valence-corrected chi connectivity index (χ2v) is 5.54. The summed E-state index contributed by atoms with van der Waals surface area (Å²) in [4.78, 5) is 13.3. The van der Waals surface area contributed by atoms with E-state index in [9.17, 15) is 13.6 Å². The van der Waals surface area contributed by atoms with Crippen LogP contribution in [-0.4, -0.2) is 12.6 Å². The van der Waals surface area contributed by atoms with Crippen LogP contribution in [0.25, 0.3) is 10.4 Å². The van der Waals surface area contributed by atoms with E-state index in [0.29, 0.717) is 4.88 Å². The number of carbonyl (C=O) groups excluding carboxylic acids is 1. The molecular weight excluding hydrogens is 294 g/mol. The van der Waals surface area contributed by atoms with Gasteiger partial charge in [-0.25, -0.2) is 4.79 Å². The van der Waals surface area contributed by atoms with Crippen LogP contribution in [0, 0.1) is 0 Å². The van der Waals surface area contributed by atoms with Gasteiger partial charge in [0.25, 0.3) is 6.08 Å². The smallest absolute Gasteiger partial charge is 0.348 e. The van der Waals surface area contributed by atoms with Crippen LogP contribution < -0.4 is 0 Å². The molecule has 0 atom stereocenters. The lowest BCUT2D eigenvalue weighted by Gasteiger charge is -2.02. The van der Waals surface area contributed by atoms with Gasteiger partial charge in [0.1, 0.15) is 4.88 Å². The Morgan fingerprint density at radius 3 is 2.52 bits per heavy atom. The third-order valence-electron chi connectivity index (χ3n) is 2.90. The van der Waals surface area contributed by atoms with E-state index in [4.69, 9.17) is 4.74 Å². The monoisotopic (exact) mass is 308 g/mol. The number of hydrogen-bond acceptors (Lipinski definition) is 3. The summed E-state index contributed by atoms with van der Waals surface area (Å²) >= 11 is 1.32. The molecule has 0 N–H and O–H groups in total. The van der Waals surface area contributed by atoms with Crippen LogP contribution in [0.4, 0.5) is 8.78 Å². The van der Waals surface area contributed by atoms with Crippen molar-refractivity contribution in [2.75, 3.05) is 6.61 Å². The Bertz CT molecular complexity index is 643. The van der Waals surface area contributed by atoms with E-state index in [2.05, 4.69) is 0 Å². The molecule has 21 heavy (non-hydrogen) atoms. The van der Waals surface area contributed by atoms with Gasteiger partial charge < -0.3 is 4.74 Å². The Kier molecular flexibility index (Phi) is 5.22. The van der Waals surface area contributed by atoms with Gasteiger partial charge in [0.2, 0.25) is 0 Å². The van der Waals surface area contributed by atoms with Crippen molar-refractivity contribution in [2.24, 2.45) is 0 Å². The molecule has 0 bridgehead atoms. The van der Waals surface area contributed by atoms with E-state index in [1.807, 2.05) is 36.4 Å². The Morgan fingerprint density at radius 1 is 1.14 bits per heavy atom. The van der Waals surface area contributed by atoms with Gasteiger partial charge >= 0.3 is 5.97 Å². The number of ether oxygens (including phenoxy) is 1. The van der Waals surface area contributed by atoms with Crippen LogP contribution in [0.15, 0.2) is 54.1 Å². The molecular formula is C16H14F2O2S. The van der Waals surface area contributed by atoms with Crippen LogP contribution in [0.1, 0.15) is 23.0 Å². The van der Waals surface area contributed by atoms with Crippen LogP contribution in [0.2, 0.25) is 0 Å². The Morgan fingerprint density at radius 2 is 1.86 bits per heavy atom. The standard InChI is InChI=1S/C16H14F2O2S/c1-11(15(17)18)9-10-20-16(19)14-8-7-13(21-14)12-5-3-2-4-6-12/h2-8H,9-10H2,1H3. The normalized spacial score (nSPS) is 10.2. The zero-order chi connectivity index (χ0) is 15.2. The van der Waals surface area contributed by atoms with Crippen molar-refractivity contribution in [1.29, 1.82) is 0 Å². The zero-order valence-electron chi connectivity index (χ0n) is 11.4. The molecule has 5 heteroatoms. The lowest BCUT2D eigenvalue weighted by Crippen LogP contribution is -2.04. The lowest BCUT2D eigenvalue weighted by molar-refractivity contribution is 0.0513. The van der Waals surface area contributed by atoms with Crippen molar-refractivity contribution in [3.8, 4) is 10.4 Å². The summed E-state index contributed by atoms with van der Waals surface area (Å²) < 4.78 is 29.4. The highest BCUT2D eigenvalue weighted by Gasteiger charge is 2.12. The second kappa shape index (κ2) is 7.13. The van der Waals surface area contributed by atoms with Crippen LogP contribution in [0.3, 0.4) is 0 Å². The minimum absolute atomic E-state index is 0.0411. The molecule has 0 radical (unpaired) electrons. The Hall–Kier alpha value is -2.01. The molecule has 2 nitrogen and oxygen atoms in total. The SMILES string of the molecule is CC(CCOC(=O)c1ccc(-c2ccccc2)s1)=C(F)F. The average Bonchev–Trinajstić information content (AvgIpc) is 2.97. The summed E-state index contributed by atoms with van der Waals surface area (Å²) in [6.45, 7) is 1.28. The molecule has 110 valence electrons. The maximum absolute atomic E-state index is 12.2. The highest BCUT2D eigenvalue weighted by atomic mass is 32.1. The summed E-state index contributed by atoms with van der Waals surface area (Å²) in [5, 5.41) is 0. The molecule has 1 aromatic carbocycles. The van der Waals surface area contributed by atoms with Crippen molar-refractivity contribution in [2.45, 2.75) is 13.3 Å². The number of esters is 1. The van der Waals surface area contributed by atoms with Crippen molar-refractivity contribution in [3.05, 3.63) is 59.0 Å². The maximum atomic E-state index is 12.2. The molecule has 0 aliphatic heterocycles. The van der Waals surface area contributed by atoms with Crippen molar-refractivity contribution in [3.63, 3.8) is 0 Å². The first kappa shape index (κ1) is 15.4. The minimum atomic E-state index is -1.71. The molecule has 2 rings (SSSR count). The number of halogens is 2. The van der Waals surface area contributed by atoms with Crippen LogP contribution in [0.5, 0.6) is 0 Å². The molecule has 0 amide bonds. The molecule has 2 aromatic rings. The van der Waals surface area contributed by atoms with E-state index >= 15 is 0 Å². The first-order valence-corrected chi connectivity index (χ1v) is 7.22. The van der Waals surface area contributed by atoms with E-state index in [-0.39, 0.29) is 18.6 Å². The van der Waals surface area contributed by atoms with E-state index in [1.165, 1.54) is 18.3 Å². The second-order valence-electron chi connectivity index (χ2n) is 4.46. The zero-order valence-corrected chi connectivity index (χ0v) is 12.3. The fraction of sp³-hybridized carbons (Fsp3) is 0.188. The molecule has 0 aliphatic rings. The van der Waals surface area contributed by atoms with Gasteiger partial charge in [-0.15, -0.1) is 11.3 Å². The third-order valence-corrected chi connectivity index (χ3v) is 4.01. The van der Waals surface area contributed by atoms with Gasteiger partial charge in [-0.3, -0.25) is 0 Å². The first-order valence-electron chi connectivity index (χ1n) is 6.41. The molecule has 0 aliphatic carbocycles. The van der Waals surface area contributed by atoms with Crippen molar-refractivity contribution in [1.82, 2.24) is 0 Å². The predicted molar refractivity (Wildman–Crippen MR) is 79.6 cm³/mol. The quantitative estimate of drug-likeness (QED) is 0.716. The minimum Gasteiger partial charge on any atom is -0.461 e. The average molecular weight is 308 g/mol. The molecule has 0 fully saturated rings. The predicted octanol–water partition coefficient (Wildman–Crippen LogP) is 5.13. The summed E-state index contributed by atoms with van der Waals surface area (Å²) in [7, 11) is 0. The Labute approximate surface area is 125 Å². The molecule has 0 spiro atoms. The van der Waals surface area contributed by atoms with Gasteiger partial charge in [0.05, 0.1) is 6.61 Å². The highest BCUT2D eigenvalue weighted by molar-refractivity contribution is 7.17. The maximum Gasteiger partial charge on any atom is 0.348 e. The molecule has 1 heterocycles. The fourth-order valence-corrected chi connectivity index (χ4v) is 2.57. The third kappa shape index (κ3) is 4.23. The van der Waals surface area contributed by atoms with E-state index in [0.717, 1.165) is 10.4 Å². The highest BCUT2D eigenvalue weighted by Crippen LogP contribution is 2.28. The Balaban J connectivity index is 1.95. The number of thiophene rings is 1. The van der Waals surface area contributed by atoms with Crippen molar-refractivity contribution >= 4 is 17.3 Å². The molecule has 0 unspecified atom stereocenters. The first-order chi connectivity index (χ1) is 10.1. The van der Waals surface area contributed by atoms with Gasteiger partial charge in [-0.2, -0.15) is 8.78 Å². The summed E-state index contributed by atoms with van der Waals surface area (Å²) in [5.41, 5.74) is 0.971. The van der Waals surface area contributed by atoms with E-state index in [1.54, 1.807) is 6.07 Å². The molecule has 0 saturated heterocycles. The fourth-order valence-electron chi connectivity index (χ4n) is 1.67. The molecule has 0 saturated carbocycles. The number of carbonyl (C=O) groups is 1. The number of benzene rings is 1. The lowest BCUT2D eigenvalue weighted by atomic mass is 10.2. The largest absolute Gasteiger partial charge is 0.461 e. The van der Waals surface area contributed by atoms with Gasteiger partial charge in [-0.05, 0) is 30.2 Å². The van der Waals surface area contributed by atoms with Gasteiger partial charge in [0, 0.05) is 11.3 Å².